The molecule has 23 heavy (non-hydrogen) atoms. The van der Waals surface area contributed by atoms with Crippen molar-refractivity contribution < 1.29 is 17.6 Å². The lowest BCUT2D eigenvalue weighted by molar-refractivity contribution is -0.132. The highest BCUT2D eigenvalue weighted by Gasteiger charge is 2.32. The number of sulfone groups is 1. The second-order valence-electron chi connectivity index (χ2n) is 5.67. The zero-order chi connectivity index (χ0) is 16.3. The lowest BCUT2D eigenvalue weighted by atomic mass is 10.1. The first-order valence-electron chi connectivity index (χ1n) is 7.54. The fourth-order valence-electron chi connectivity index (χ4n) is 2.81. The largest absolute Gasteiger partial charge is 0.468 e. The first-order chi connectivity index (χ1) is 11.0. The molecular formula is C15H19N3O4S. The molecule has 0 N–H and O–H groups in total. The van der Waals surface area contributed by atoms with E-state index in [1.165, 1.54) is 6.26 Å². The monoisotopic (exact) mass is 337 g/mol. The average molecular weight is 337 g/mol. The van der Waals surface area contributed by atoms with Crippen molar-refractivity contribution in [1.82, 2.24) is 14.7 Å². The van der Waals surface area contributed by atoms with Crippen LogP contribution in [-0.2, 0) is 26.9 Å². The van der Waals surface area contributed by atoms with Crippen molar-refractivity contribution in [3.63, 3.8) is 0 Å². The number of carbonyl (C=O) groups is 1. The summed E-state index contributed by atoms with van der Waals surface area (Å²) in [5.41, 5.74) is 0. The van der Waals surface area contributed by atoms with Crippen molar-refractivity contribution in [2.75, 3.05) is 13.1 Å². The van der Waals surface area contributed by atoms with E-state index >= 15 is 0 Å². The molecule has 0 atom stereocenters. The minimum absolute atomic E-state index is 0.0319. The van der Waals surface area contributed by atoms with Crippen LogP contribution in [0, 0.1) is 0 Å². The Morgan fingerprint density at radius 1 is 1.30 bits per heavy atom. The molecule has 3 rings (SSSR count). The number of carbonyl (C=O) groups excluding carboxylic acids is 1. The fraction of sp³-hybridized carbons (Fsp3) is 0.467. The molecule has 1 saturated heterocycles. The Labute approximate surface area is 134 Å². The summed E-state index contributed by atoms with van der Waals surface area (Å²) in [4.78, 5) is 13.9. The maximum absolute atomic E-state index is 12.4. The summed E-state index contributed by atoms with van der Waals surface area (Å²) in [5, 5.41) is 3.59. The van der Waals surface area contributed by atoms with Gasteiger partial charge in [-0.1, -0.05) is 0 Å². The number of rotatable bonds is 5. The van der Waals surface area contributed by atoms with Gasteiger partial charge in [0.05, 0.1) is 11.5 Å². The molecule has 1 aliphatic heterocycles. The molecule has 1 amide bonds. The van der Waals surface area contributed by atoms with Crippen molar-refractivity contribution in [2.45, 2.75) is 30.4 Å². The van der Waals surface area contributed by atoms with E-state index in [-0.39, 0.29) is 18.2 Å². The van der Waals surface area contributed by atoms with Gasteiger partial charge in [-0.3, -0.25) is 9.48 Å². The van der Waals surface area contributed by atoms with Crippen LogP contribution in [0.2, 0.25) is 0 Å². The van der Waals surface area contributed by atoms with Crippen LogP contribution in [0.25, 0.3) is 0 Å². The highest BCUT2D eigenvalue weighted by atomic mass is 32.2. The summed E-state index contributed by atoms with van der Waals surface area (Å²) in [6.07, 6.45) is 5.77. The highest BCUT2D eigenvalue weighted by molar-refractivity contribution is 7.91. The van der Waals surface area contributed by atoms with Crippen molar-refractivity contribution >= 4 is 15.7 Å². The second-order valence-corrected chi connectivity index (χ2v) is 7.95. The zero-order valence-electron chi connectivity index (χ0n) is 12.7. The van der Waals surface area contributed by atoms with Crippen LogP contribution in [0.4, 0.5) is 0 Å². The van der Waals surface area contributed by atoms with E-state index in [9.17, 15) is 13.2 Å². The topological polar surface area (TPSA) is 85.4 Å². The van der Waals surface area contributed by atoms with Gasteiger partial charge in [-0.25, -0.2) is 8.42 Å². The van der Waals surface area contributed by atoms with Gasteiger partial charge in [-0.15, -0.1) is 0 Å². The van der Waals surface area contributed by atoms with Gasteiger partial charge in [-0.2, -0.15) is 5.10 Å². The molecule has 0 saturated carbocycles. The number of nitrogens with zero attached hydrogens (tertiary/aromatic N) is 3. The maximum Gasteiger partial charge on any atom is 0.244 e. The third kappa shape index (κ3) is 3.82. The average Bonchev–Trinajstić information content (AvgIpc) is 3.21. The van der Waals surface area contributed by atoms with Crippen LogP contribution >= 0.6 is 0 Å². The molecular weight excluding hydrogens is 318 g/mol. The number of furan rings is 1. The number of likely N-dealkylation sites (tertiary alicyclic amines) is 1. The van der Waals surface area contributed by atoms with Crippen molar-refractivity contribution in [2.24, 2.45) is 0 Å². The van der Waals surface area contributed by atoms with Crippen LogP contribution in [0.3, 0.4) is 0 Å². The molecule has 7 nitrogen and oxygen atoms in total. The molecule has 0 unspecified atom stereocenters. The Balaban J connectivity index is 1.54. The van der Waals surface area contributed by atoms with Crippen LogP contribution in [-0.4, -0.2) is 47.3 Å². The Morgan fingerprint density at radius 2 is 2.09 bits per heavy atom. The number of hydrogen-bond acceptors (Lipinski definition) is 5. The van der Waals surface area contributed by atoms with Crippen LogP contribution in [0.5, 0.6) is 0 Å². The van der Waals surface area contributed by atoms with Gasteiger partial charge in [0.15, 0.2) is 9.84 Å². The molecule has 2 aromatic rings. The molecule has 3 heterocycles. The van der Waals surface area contributed by atoms with Crippen molar-refractivity contribution in [1.29, 1.82) is 0 Å². The van der Waals surface area contributed by atoms with Gasteiger partial charge in [-0.05, 0) is 31.0 Å². The van der Waals surface area contributed by atoms with E-state index < -0.39 is 15.1 Å². The first kappa shape index (κ1) is 15.8. The lowest BCUT2D eigenvalue weighted by Gasteiger charge is -2.31. The van der Waals surface area contributed by atoms with Gasteiger partial charge in [0.25, 0.3) is 0 Å². The molecule has 0 aliphatic carbocycles. The summed E-state index contributed by atoms with van der Waals surface area (Å²) in [5.74, 6) is 0.351. The highest BCUT2D eigenvalue weighted by Crippen LogP contribution is 2.22. The number of amides is 1. The summed E-state index contributed by atoms with van der Waals surface area (Å²) >= 11 is 0. The van der Waals surface area contributed by atoms with Gasteiger partial charge in [0.2, 0.25) is 5.91 Å². The Kier molecular flexibility index (Phi) is 4.51. The Bertz CT molecular complexity index is 730. The van der Waals surface area contributed by atoms with E-state index in [4.69, 9.17) is 4.42 Å². The molecule has 8 heteroatoms. The Morgan fingerprint density at radius 3 is 2.70 bits per heavy atom. The number of hydrogen-bond donors (Lipinski definition) is 0. The standard InChI is InChI=1S/C15H19N3O4S/c19-15(11-18-7-2-6-16-18)17-8-4-14(5-9-17)23(20,21)12-13-3-1-10-22-13/h1-3,6-7,10,14H,4-5,8-9,11-12H2. The van der Waals surface area contributed by atoms with E-state index in [0.717, 1.165) is 0 Å². The van der Waals surface area contributed by atoms with E-state index in [1.807, 2.05) is 0 Å². The molecule has 0 aromatic carbocycles. The van der Waals surface area contributed by atoms with E-state index in [2.05, 4.69) is 5.10 Å². The third-order valence-electron chi connectivity index (χ3n) is 4.08. The van der Waals surface area contributed by atoms with Gasteiger partial charge in [0.1, 0.15) is 18.1 Å². The van der Waals surface area contributed by atoms with Crippen LogP contribution < -0.4 is 0 Å². The molecule has 2 aromatic heterocycles. The van der Waals surface area contributed by atoms with Crippen molar-refractivity contribution in [3.8, 4) is 0 Å². The minimum Gasteiger partial charge on any atom is -0.468 e. The normalized spacial score (nSPS) is 16.6. The molecule has 0 bridgehead atoms. The van der Waals surface area contributed by atoms with E-state index in [0.29, 0.717) is 31.7 Å². The van der Waals surface area contributed by atoms with Gasteiger partial charge < -0.3 is 9.32 Å². The van der Waals surface area contributed by atoms with E-state index in [1.54, 1.807) is 40.2 Å². The Hall–Kier alpha value is -2.09. The SMILES string of the molecule is O=C(Cn1cccn1)N1CCC(S(=O)(=O)Cc2ccco2)CC1. The molecule has 1 aliphatic rings. The molecule has 0 spiro atoms. The number of aromatic nitrogens is 2. The third-order valence-corrected chi connectivity index (χ3v) is 6.26. The summed E-state index contributed by atoms with van der Waals surface area (Å²) in [6, 6.07) is 5.11. The number of piperidine rings is 1. The minimum atomic E-state index is -3.25. The van der Waals surface area contributed by atoms with Crippen LogP contribution in [0.1, 0.15) is 18.6 Å². The lowest BCUT2D eigenvalue weighted by Crippen LogP contribution is -2.44. The predicted octanol–water partition coefficient (Wildman–Crippen LogP) is 1.08. The van der Waals surface area contributed by atoms with Gasteiger partial charge in [0, 0.05) is 25.5 Å². The predicted molar refractivity (Wildman–Crippen MR) is 83.2 cm³/mol. The summed E-state index contributed by atoms with van der Waals surface area (Å²) in [7, 11) is -3.25. The zero-order valence-corrected chi connectivity index (χ0v) is 13.5. The fourth-order valence-corrected chi connectivity index (χ4v) is 4.53. The van der Waals surface area contributed by atoms with Crippen molar-refractivity contribution in [3.05, 3.63) is 42.6 Å². The van der Waals surface area contributed by atoms with Gasteiger partial charge >= 0.3 is 0 Å². The maximum atomic E-state index is 12.4. The molecule has 0 radical (unpaired) electrons. The van der Waals surface area contributed by atoms with Crippen LogP contribution in [0.15, 0.2) is 41.3 Å². The quantitative estimate of drug-likeness (QED) is 0.815. The first-order valence-corrected chi connectivity index (χ1v) is 9.25. The second kappa shape index (κ2) is 6.57. The summed E-state index contributed by atoms with van der Waals surface area (Å²) < 4.78 is 31.5. The molecule has 1 fully saturated rings. The summed E-state index contributed by atoms with van der Waals surface area (Å²) in [6.45, 7) is 1.11. The smallest absolute Gasteiger partial charge is 0.244 e. The molecule has 124 valence electrons.